The standard InChI is InChI=1S/C51H32.C23H17O2.C16H9Br.C12H8.C4H9.Li/c1-51(2)43-23-8-7-16-33(43)34-25-24-30(28-44(34)51)46-36-17-5-6-18-38(36)48(50-42-22-10-13-29-12-9-21-41(45(29)42)49(46)50)40-27-26-39-32-15-4-3-14-31(32)35-19-11-20-37(40)47(35)39;1-23(2)19-10-6-5-7-15(19)16-12-11-14(13-20(16)23)21-17-8-3-4-9-18(17)22(24)25-21;17-15-9-8-13-11-5-2-1-4-10(11)12-6-3-7-14(15)16(12)13;1-3-9-4-2-6-11-8-7-10(5-1)12(9)11;1-3-4-2;/h3-28H,1-2H3;3-4,6-13,21H,1-2H3;1-9H;1-8H;1,3-4H2,2H3;/q;+1;;;-1;+1. The molecule has 0 bridgehead atoms. The molecule has 0 saturated heterocycles. The molecule has 0 fully saturated rings. The van der Waals surface area contributed by atoms with Gasteiger partial charge in [-0.1, -0.05) is 316 Å². The molecule has 2 nitrogen and oxygen atoms in total. The van der Waals surface area contributed by atoms with E-state index in [2.05, 4.69) is 355 Å². The third-order valence-electron chi connectivity index (χ3n) is 24.1. The molecule has 8 aliphatic rings. The first-order valence-corrected chi connectivity index (χ1v) is 39.0. The molecule has 110 heavy (non-hydrogen) atoms. The van der Waals surface area contributed by atoms with E-state index >= 15 is 0 Å². The van der Waals surface area contributed by atoms with Crippen molar-refractivity contribution in [3.05, 3.63) is 383 Å². The molecule has 0 N–H and O–H groups in total. The van der Waals surface area contributed by atoms with Crippen molar-refractivity contribution in [2.24, 2.45) is 0 Å². The van der Waals surface area contributed by atoms with Gasteiger partial charge in [-0.2, -0.15) is 6.42 Å². The van der Waals surface area contributed by atoms with Crippen molar-refractivity contribution in [3.8, 4) is 100 Å². The van der Waals surface area contributed by atoms with Gasteiger partial charge in [0.1, 0.15) is 12.2 Å². The number of esters is 1. The first kappa shape index (κ1) is 68.7. The molecule has 0 radical (unpaired) electrons. The summed E-state index contributed by atoms with van der Waals surface area (Å²) in [7, 11) is 0. The molecule has 1 atom stereocenters. The smallest absolute Gasteiger partial charge is 0.449 e. The molecule has 0 spiro atoms. The van der Waals surface area contributed by atoms with Gasteiger partial charge in [-0.3, -0.25) is 0 Å². The van der Waals surface area contributed by atoms with E-state index < -0.39 is 0 Å². The van der Waals surface area contributed by atoms with Gasteiger partial charge in [-0.05, 0) is 232 Å². The molecule has 1 heterocycles. The Bertz CT molecular complexity index is 6660. The number of hydrogen-bond acceptors (Lipinski definition) is 2. The maximum absolute atomic E-state index is 12.2. The van der Waals surface area contributed by atoms with E-state index in [4.69, 9.17) is 4.74 Å². The molecular formula is C106H75BrLiO2+. The van der Waals surface area contributed by atoms with Crippen molar-refractivity contribution < 1.29 is 28.4 Å². The largest absolute Gasteiger partial charge is 1.00 e. The van der Waals surface area contributed by atoms with Crippen molar-refractivity contribution in [3.63, 3.8) is 0 Å². The number of carbonyl (C=O) groups is 1. The average molecular weight is 1470 g/mol. The molecule has 0 saturated carbocycles. The Morgan fingerprint density at radius 1 is 0.391 bits per heavy atom. The van der Waals surface area contributed by atoms with E-state index in [9.17, 15) is 4.79 Å². The predicted molar refractivity (Wildman–Crippen MR) is 463 cm³/mol. The molecule has 1 unspecified atom stereocenters. The Labute approximate surface area is 663 Å². The van der Waals surface area contributed by atoms with Crippen LogP contribution in [0.5, 0.6) is 0 Å². The van der Waals surface area contributed by atoms with E-state index in [-0.39, 0.29) is 41.8 Å². The fourth-order valence-electron chi connectivity index (χ4n) is 19.0. The van der Waals surface area contributed by atoms with Crippen molar-refractivity contribution >= 4 is 93.5 Å². The van der Waals surface area contributed by atoms with Crippen LogP contribution in [0.15, 0.2) is 319 Å². The monoisotopic (exact) mass is 1470 g/mol. The third-order valence-corrected chi connectivity index (χ3v) is 24.8. The van der Waals surface area contributed by atoms with E-state index in [1.165, 1.54) is 209 Å². The van der Waals surface area contributed by atoms with E-state index in [1.807, 2.05) is 30.3 Å². The summed E-state index contributed by atoms with van der Waals surface area (Å²) >= 11 is 3.64. The predicted octanol–water partition coefficient (Wildman–Crippen LogP) is 26.2. The molecule has 518 valence electrons. The van der Waals surface area contributed by atoms with Gasteiger partial charge in [0.25, 0.3) is 0 Å². The molecule has 0 amide bonds. The Hall–Kier alpha value is -11.8. The second kappa shape index (κ2) is 26.8. The number of benzene rings is 16. The quantitative estimate of drug-likeness (QED) is 0.0997. The summed E-state index contributed by atoms with van der Waals surface area (Å²) in [6.07, 6.45) is 15.7. The zero-order valence-corrected chi connectivity index (χ0v) is 64.1. The van der Waals surface area contributed by atoms with Crippen molar-refractivity contribution in [2.45, 2.75) is 64.4 Å². The molecule has 0 aromatic heterocycles. The summed E-state index contributed by atoms with van der Waals surface area (Å²) < 4.78 is 6.85. The molecular weight excluding hydrogens is 1390 g/mol. The number of allylic oxidation sites excluding steroid dienone is 6. The maximum Gasteiger partial charge on any atom is 1.00 e. The van der Waals surface area contributed by atoms with Gasteiger partial charge in [-0.15, -0.1) is 0 Å². The van der Waals surface area contributed by atoms with Crippen LogP contribution in [0.25, 0.3) is 172 Å². The van der Waals surface area contributed by atoms with Gasteiger partial charge in [0.05, 0.1) is 22.8 Å². The van der Waals surface area contributed by atoms with Crippen LogP contribution < -0.4 is 18.9 Å². The van der Waals surface area contributed by atoms with Crippen LogP contribution in [0, 0.1) is 13.0 Å². The number of fused-ring (bicyclic) bond motifs is 16. The van der Waals surface area contributed by atoms with E-state index in [1.54, 1.807) is 0 Å². The SMILES string of the molecule is Brc1ccc2c3c(cccc13)-c1ccccc1-2.C1=Cc2cccc3cccc1c23.CC1(C)C2=C(C=[C+]C=C2)c2ccc(C3OC(=O)c4ccccc43)cc21.CC1(C)c2ccccc2-c2ccc(-c3c4c(c(-c5ccc6c7c(cccc57)-c5ccccc5-6)c5ccccc35)-c3cccc5cccc-4c35)cc21.[CH2-]CCC.[Li+]. The summed E-state index contributed by atoms with van der Waals surface area (Å²) in [6.45, 7) is 15.0. The van der Waals surface area contributed by atoms with E-state index in [0.29, 0.717) is 5.56 Å². The van der Waals surface area contributed by atoms with E-state index in [0.717, 1.165) is 17.5 Å². The zero-order chi connectivity index (χ0) is 73.6. The van der Waals surface area contributed by atoms with Crippen LogP contribution in [0.4, 0.5) is 0 Å². The van der Waals surface area contributed by atoms with Crippen LogP contribution in [-0.4, -0.2) is 5.97 Å². The second-order valence-corrected chi connectivity index (χ2v) is 31.6. The maximum atomic E-state index is 12.2. The number of ether oxygens (including phenoxy) is 1. The summed E-state index contributed by atoms with van der Waals surface area (Å²) in [5, 5.41) is 13.4. The van der Waals surface area contributed by atoms with Crippen LogP contribution >= 0.6 is 15.9 Å². The molecule has 16 aromatic rings. The fraction of sp³-hybridized carbons (Fsp3) is 0.0943. The van der Waals surface area contributed by atoms with Gasteiger partial charge in [-0.25, -0.2) is 4.79 Å². The summed E-state index contributed by atoms with van der Waals surface area (Å²) in [5.74, 6) is -0.238. The Morgan fingerprint density at radius 3 is 1.51 bits per heavy atom. The topological polar surface area (TPSA) is 26.3 Å². The number of hydrogen-bond donors (Lipinski definition) is 0. The number of carbonyl (C=O) groups excluding carboxylic acids is 1. The first-order valence-electron chi connectivity index (χ1n) is 38.2. The van der Waals surface area contributed by atoms with Crippen molar-refractivity contribution in [1.29, 1.82) is 0 Å². The average Bonchev–Trinajstić information content (AvgIpc) is 1.51. The first-order chi connectivity index (χ1) is 53.4. The number of cyclic esters (lactones) is 1. The second-order valence-electron chi connectivity index (χ2n) is 30.7. The summed E-state index contributed by atoms with van der Waals surface area (Å²) in [5.41, 5.74) is 37.2. The minimum atomic E-state index is -0.319. The minimum Gasteiger partial charge on any atom is -0.449 e. The third kappa shape index (κ3) is 10.5. The Kier molecular flexibility index (Phi) is 16.8. The molecule has 4 heteroatoms. The molecule has 7 aliphatic carbocycles. The van der Waals surface area contributed by atoms with Crippen molar-refractivity contribution in [2.75, 3.05) is 0 Å². The number of rotatable bonds is 4. The number of unbranched alkanes of at least 4 members (excludes halogenated alkanes) is 1. The van der Waals surface area contributed by atoms with Gasteiger partial charge >= 0.3 is 24.8 Å². The minimum absolute atomic E-state index is 0. The van der Waals surface area contributed by atoms with Crippen LogP contribution in [0.2, 0.25) is 0 Å². The van der Waals surface area contributed by atoms with Gasteiger partial charge in [0, 0.05) is 32.5 Å². The van der Waals surface area contributed by atoms with Gasteiger partial charge in [0.15, 0.2) is 6.10 Å². The zero-order valence-electron chi connectivity index (χ0n) is 62.5. The summed E-state index contributed by atoms with van der Waals surface area (Å²) in [6, 6.07) is 106. The van der Waals surface area contributed by atoms with Crippen LogP contribution in [-0.2, 0) is 15.6 Å². The Balaban J connectivity index is 0.000000114. The van der Waals surface area contributed by atoms with Gasteiger partial charge < -0.3 is 11.7 Å². The fourth-order valence-corrected chi connectivity index (χ4v) is 19.5. The molecule has 1 aliphatic heterocycles. The van der Waals surface area contributed by atoms with Crippen LogP contribution in [0.1, 0.15) is 108 Å². The normalized spacial score (nSPS) is 14.8. The van der Waals surface area contributed by atoms with Crippen molar-refractivity contribution in [1.82, 2.24) is 0 Å². The van der Waals surface area contributed by atoms with Crippen LogP contribution in [0.3, 0.4) is 0 Å². The Morgan fingerprint density at radius 2 is 0.855 bits per heavy atom. The summed E-state index contributed by atoms with van der Waals surface area (Å²) in [4.78, 5) is 12.2. The van der Waals surface area contributed by atoms with Gasteiger partial charge in [0.2, 0.25) is 0 Å². The number of halogens is 1. The molecule has 16 aromatic carbocycles. The molecule has 24 rings (SSSR count).